The summed E-state index contributed by atoms with van der Waals surface area (Å²) >= 11 is 0. The van der Waals surface area contributed by atoms with E-state index in [9.17, 15) is 26.4 Å². The van der Waals surface area contributed by atoms with Gasteiger partial charge >= 0.3 is 21.6 Å². The Bertz CT molecular complexity index is 1040. The van der Waals surface area contributed by atoms with Crippen molar-refractivity contribution in [3.63, 3.8) is 0 Å². The molecule has 0 aliphatic heterocycles. The zero-order valence-corrected chi connectivity index (χ0v) is 18.1. The molecule has 2 aromatic rings. The number of benzene rings is 1. The fourth-order valence-corrected chi connectivity index (χ4v) is 3.40. The van der Waals surface area contributed by atoms with Crippen LogP contribution in [0.15, 0.2) is 36.1 Å². The van der Waals surface area contributed by atoms with Crippen LogP contribution in [-0.4, -0.2) is 36.3 Å². The lowest BCUT2D eigenvalue weighted by molar-refractivity contribution is -0.0523. The highest BCUT2D eigenvalue weighted by Crippen LogP contribution is 2.33. The standard InChI is InChI=1S/C18H17F3N2O5S.C2H6/c1-2-27-17(24)16-14-10-13(28-29(25,26)18(19,20)21)8-9-15(14)23(22-16)11-12-6-4-3-5-7-12;1-2/h3-7,10H,2,8-9,11H2,1H3;1-2H3. The van der Waals surface area contributed by atoms with Gasteiger partial charge < -0.3 is 8.92 Å². The molecule has 0 radical (unpaired) electrons. The van der Waals surface area contributed by atoms with Gasteiger partial charge in [-0.3, -0.25) is 4.68 Å². The van der Waals surface area contributed by atoms with Crippen LogP contribution in [0.25, 0.3) is 6.08 Å². The number of hydrogen-bond acceptors (Lipinski definition) is 6. The first kappa shape index (κ1) is 24.4. The number of nitrogens with zero attached hydrogens (tertiary/aromatic N) is 2. The molecule has 3 rings (SSSR count). The van der Waals surface area contributed by atoms with Crippen molar-refractivity contribution in [1.29, 1.82) is 0 Å². The topological polar surface area (TPSA) is 87.5 Å². The van der Waals surface area contributed by atoms with Crippen LogP contribution < -0.4 is 0 Å². The van der Waals surface area contributed by atoms with Crippen molar-refractivity contribution in [2.75, 3.05) is 6.61 Å². The molecule has 0 bridgehead atoms. The van der Waals surface area contributed by atoms with E-state index >= 15 is 0 Å². The molecule has 0 saturated heterocycles. The molecule has 0 N–H and O–H groups in total. The summed E-state index contributed by atoms with van der Waals surface area (Å²) in [5.41, 5.74) is -3.98. The summed E-state index contributed by atoms with van der Waals surface area (Å²) in [6.45, 7) is 6.01. The number of halogens is 3. The van der Waals surface area contributed by atoms with Crippen LogP contribution in [0.1, 0.15) is 54.5 Å². The number of esters is 1. The lowest BCUT2D eigenvalue weighted by Gasteiger charge is -2.17. The van der Waals surface area contributed by atoms with Gasteiger partial charge in [0.1, 0.15) is 5.76 Å². The number of aromatic nitrogens is 2. The maximum absolute atomic E-state index is 12.6. The van der Waals surface area contributed by atoms with E-state index in [0.29, 0.717) is 12.2 Å². The molecular weight excluding hydrogens is 437 g/mol. The first-order valence-electron chi connectivity index (χ1n) is 9.64. The summed E-state index contributed by atoms with van der Waals surface area (Å²) in [7, 11) is -5.80. The van der Waals surface area contributed by atoms with Gasteiger partial charge in [0.2, 0.25) is 0 Å². The summed E-state index contributed by atoms with van der Waals surface area (Å²) in [6, 6.07) is 9.25. The molecule has 0 spiro atoms. The van der Waals surface area contributed by atoms with E-state index in [0.717, 1.165) is 11.6 Å². The molecular formula is C20H23F3N2O5S. The van der Waals surface area contributed by atoms with Crippen molar-refractivity contribution in [2.45, 2.75) is 45.7 Å². The summed E-state index contributed by atoms with van der Waals surface area (Å²) < 4.78 is 71.2. The number of rotatable bonds is 6. The van der Waals surface area contributed by atoms with E-state index in [1.54, 1.807) is 11.6 Å². The van der Waals surface area contributed by atoms with Crippen LogP contribution in [0, 0.1) is 0 Å². The second-order valence-electron chi connectivity index (χ2n) is 6.17. The number of alkyl halides is 3. The molecule has 0 fully saturated rings. The molecule has 0 amide bonds. The maximum Gasteiger partial charge on any atom is 0.534 e. The number of allylic oxidation sites excluding steroid dienone is 1. The molecule has 170 valence electrons. The summed E-state index contributed by atoms with van der Waals surface area (Å²) in [5, 5.41) is 4.26. The van der Waals surface area contributed by atoms with E-state index < -0.39 is 27.4 Å². The molecule has 7 nitrogen and oxygen atoms in total. The van der Waals surface area contributed by atoms with Gasteiger partial charge in [0.05, 0.1) is 13.2 Å². The van der Waals surface area contributed by atoms with E-state index in [1.165, 1.54) is 0 Å². The number of hydrogen-bond donors (Lipinski definition) is 0. The Morgan fingerprint density at radius 1 is 1.16 bits per heavy atom. The number of carbonyl (C=O) groups excluding carboxylic acids is 1. The number of fused-ring (bicyclic) bond motifs is 1. The smallest absolute Gasteiger partial charge is 0.461 e. The van der Waals surface area contributed by atoms with E-state index in [2.05, 4.69) is 9.28 Å². The zero-order chi connectivity index (χ0) is 23.2. The van der Waals surface area contributed by atoms with Crippen molar-refractivity contribution in [3.05, 3.63) is 58.6 Å². The molecule has 11 heteroatoms. The highest BCUT2D eigenvalue weighted by Gasteiger charge is 2.49. The zero-order valence-electron chi connectivity index (χ0n) is 17.3. The Balaban J connectivity index is 0.00000166. The predicted octanol–water partition coefficient (Wildman–Crippen LogP) is 4.29. The number of carbonyl (C=O) groups is 1. The highest BCUT2D eigenvalue weighted by atomic mass is 32.2. The van der Waals surface area contributed by atoms with Gasteiger partial charge in [0, 0.05) is 17.7 Å². The summed E-state index contributed by atoms with van der Waals surface area (Å²) in [4.78, 5) is 12.3. The Labute approximate surface area is 178 Å². The third-order valence-electron chi connectivity index (χ3n) is 4.16. The van der Waals surface area contributed by atoms with Crippen LogP contribution in [0.5, 0.6) is 0 Å². The third-order valence-corrected chi connectivity index (χ3v) is 5.16. The van der Waals surface area contributed by atoms with E-state index in [-0.39, 0.29) is 30.7 Å². The lowest BCUT2D eigenvalue weighted by atomic mass is 10.0. The predicted molar refractivity (Wildman–Crippen MR) is 107 cm³/mol. The quantitative estimate of drug-likeness (QED) is 0.363. The van der Waals surface area contributed by atoms with Gasteiger partial charge in [0.25, 0.3) is 0 Å². The minimum Gasteiger partial charge on any atom is -0.461 e. The van der Waals surface area contributed by atoms with Crippen molar-refractivity contribution < 1.29 is 35.3 Å². The maximum atomic E-state index is 12.6. The molecule has 1 heterocycles. The van der Waals surface area contributed by atoms with Crippen molar-refractivity contribution in [1.82, 2.24) is 9.78 Å². The first-order chi connectivity index (χ1) is 14.6. The molecule has 0 atom stereocenters. The third kappa shape index (κ3) is 5.66. The fourth-order valence-electron chi connectivity index (χ4n) is 2.89. The molecule has 1 aliphatic carbocycles. The second-order valence-corrected chi connectivity index (χ2v) is 7.70. The molecule has 31 heavy (non-hydrogen) atoms. The lowest BCUT2D eigenvalue weighted by Crippen LogP contribution is -2.26. The number of ether oxygens (including phenoxy) is 1. The van der Waals surface area contributed by atoms with Gasteiger partial charge in [-0.15, -0.1) is 0 Å². The van der Waals surface area contributed by atoms with Crippen molar-refractivity contribution in [3.8, 4) is 0 Å². The normalized spacial score (nSPS) is 13.4. The van der Waals surface area contributed by atoms with Gasteiger partial charge in [-0.05, 0) is 25.0 Å². The van der Waals surface area contributed by atoms with Crippen LogP contribution in [0.2, 0.25) is 0 Å². The molecule has 0 saturated carbocycles. The minimum atomic E-state index is -5.80. The summed E-state index contributed by atoms with van der Waals surface area (Å²) in [6.07, 6.45) is 1.15. The Morgan fingerprint density at radius 2 is 1.81 bits per heavy atom. The van der Waals surface area contributed by atoms with Gasteiger partial charge in [0.15, 0.2) is 5.69 Å². The van der Waals surface area contributed by atoms with Crippen LogP contribution in [0.4, 0.5) is 13.2 Å². The van der Waals surface area contributed by atoms with Crippen LogP contribution in [0.3, 0.4) is 0 Å². The van der Waals surface area contributed by atoms with Crippen LogP contribution in [-0.2, 0) is 32.0 Å². The van der Waals surface area contributed by atoms with Gasteiger partial charge in [-0.25, -0.2) is 4.79 Å². The van der Waals surface area contributed by atoms with E-state index in [1.807, 2.05) is 44.2 Å². The largest absolute Gasteiger partial charge is 0.534 e. The highest BCUT2D eigenvalue weighted by molar-refractivity contribution is 7.87. The average Bonchev–Trinajstić information content (AvgIpc) is 3.07. The van der Waals surface area contributed by atoms with Crippen molar-refractivity contribution in [2.24, 2.45) is 0 Å². The minimum absolute atomic E-state index is 0.0781. The second kappa shape index (κ2) is 9.99. The fraction of sp³-hybridized carbons (Fsp3) is 0.400. The van der Waals surface area contributed by atoms with Gasteiger partial charge in [-0.2, -0.15) is 26.7 Å². The molecule has 1 aromatic heterocycles. The van der Waals surface area contributed by atoms with E-state index in [4.69, 9.17) is 4.74 Å². The summed E-state index contributed by atoms with van der Waals surface area (Å²) in [5.74, 6) is -1.17. The Hall–Kier alpha value is -2.82. The van der Waals surface area contributed by atoms with Crippen LogP contribution >= 0.6 is 0 Å². The Morgan fingerprint density at radius 3 is 2.39 bits per heavy atom. The SMILES string of the molecule is CC.CCOC(=O)c1nn(Cc2ccccc2)c2c1C=C(OS(=O)(=O)C(F)(F)F)CC2. The first-order valence-corrected chi connectivity index (χ1v) is 11.0. The van der Waals surface area contributed by atoms with Gasteiger partial charge in [-0.1, -0.05) is 44.2 Å². The molecule has 0 unspecified atom stereocenters. The Kier molecular flexibility index (Phi) is 7.88. The average molecular weight is 460 g/mol. The van der Waals surface area contributed by atoms with Crippen molar-refractivity contribution >= 4 is 22.2 Å². The molecule has 1 aromatic carbocycles. The molecule has 1 aliphatic rings. The monoisotopic (exact) mass is 460 g/mol.